The number of carbonyl (C=O) groups excluding carboxylic acids is 2. The molecular weight excluding hydrogens is 464 g/mol. The summed E-state index contributed by atoms with van der Waals surface area (Å²) in [6.07, 6.45) is 2.53. The number of Topliss-reactive ketones (excluding diaryl/α,β-unsaturated/α-hetero) is 2. The molecule has 8 heteroatoms. The van der Waals surface area contributed by atoms with Gasteiger partial charge in [-0.05, 0) is 49.2 Å². The molecule has 2 aromatic carbocycles. The minimum Gasteiger partial charge on any atom is -0.487 e. The Hall–Kier alpha value is -3.10. The molecular formula is C28H36O8. The second-order valence-electron chi connectivity index (χ2n) is 8.29. The standard InChI is InChI=1S/C28H36O8/c1-3-5-23(29)21-7-9-25-27(19-21)35-17-13-32-14-18-36-28-20-22(24(30)6-4-2)8-10-26(28)34-16-12-31-11-15-33-25/h7-10,19-20H,3-6,11-18H2,1-2H3. The molecule has 0 bridgehead atoms. The number of benzene rings is 2. The summed E-state index contributed by atoms with van der Waals surface area (Å²) < 4.78 is 34.7. The fraction of sp³-hybridized carbons (Fsp3) is 0.500. The molecule has 3 rings (SSSR count). The first-order valence-electron chi connectivity index (χ1n) is 12.6. The van der Waals surface area contributed by atoms with Gasteiger partial charge in [0.1, 0.15) is 26.4 Å². The van der Waals surface area contributed by atoms with Gasteiger partial charge in [0.2, 0.25) is 0 Å². The molecule has 8 nitrogen and oxygen atoms in total. The highest BCUT2D eigenvalue weighted by Gasteiger charge is 2.14. The Morgan fingerprint density at radius 3 is 1.28 bits per heavy atom. The predicted molar refractivity (Wildman–Crippen MR) is 135 cm³/mol. The molecule has 1 aliphatic heterocycles. The van der Waals surface area contributed by atoms with Crippen LogP contribution in [0.3, 0.4) is 0 Å². The van der Waals surface area contributed by atoms with Gasteiger partial charge in [0.05, 0.1) is 26.4 Å². The van der Waals surface area contributed by atoms with Gasteiger partial charge in [-0.3, -0.25) is 9.59 Å². The van der Waals surface area contributed by atoms with Gasteiger partial charge in [-0.15, -0.1) is 0 Å². The largest absolute Gasteiger partial charge is 0.487 e. The maximum Gasteiger partial charge on any atom is 0.163 e. The molecule has 0 atom stereocenters. The van der Waals surface area contributed by atoms with E-state index in [1.807, 2.05) is 13.8 Å². The highest BCUT2D eigenvalue weighted by molar-refractivity contribution is 5.97. The molecule has 1 aliphatic rings. The number of fused-ring (bicyclic) bond motifs is 2. The van der Waals surface area contributed by atoms with E-state index in [0.29, 0.717) is 86.6 Å². The van der Waals surface area contributed by atoms with Gasteiger partial charge in [0.15, 0.2) is 34.6 Å². The van der Waals surface area contributed by atoms with E-state index in [-0.39, 0.29) is 24.8 Å². The SMILES string of the molecule is CCCC(=O)c1ccc2c(c1)OCCOCCOc1cc(C(=O)CCC)ccc1OCCOCCO2. The zero-order valence-electron chi connectivity index (χ0n) is 21.2. The van der Waals surface area contributed by atoms with Gasteiger partial charge in [0.25, 0.3) is 0 Å². The molecule has 2 aromatic rings. The lowest BCUT2D eigenvalue weighted by Crippen LogP contribution is -2.16. The second-order valence-corrected chi connectivity index (χ2v) is 8.29. The molecule has 0 aliphatic carbocycles. The highest BCUT2D eigenvalue weighted by Crippen LogP contribution is 2.30. The van der Waals surface area contributed by atoms with Crippen molar-refractivity contribution in [3.63, 3.8) is 0 Å². The first-order chi connectivity index (χ1) is 17.6. The molecule has 0 radical (unpaired) electrons. The van der Waals surface area contributed by atoms with E-state index in [1.54, 1.807) is 36.4 Å². The van der Waals surface area contributed by atoms with Crippen LogP contribution in [0.25, 0.3) is 0 Å². The number of rotatable bonds is 6. The quantitative estimate of drug-likeness (QED) is 0.517. The van der Waals surface area contributed by atoms with Gasteiger partial charge in [-0.1, -0.05) is 13.8 Å². The normalized spacial score (nSPS) is 15.4. The van der Waals surface area contributed by atoms with Crippen LogP contribution in [0.2, 0.25) is 0 Å². The Balaban J connectivity index is 1.64. The van der Waals surface area contributed by atoms with Crippen LogP contribution in [-0.2, 0) is 9.47 Å². The molecule has 1 heterocycles. The zero-order chi connectivity index (χ0) is 25.6. The summed E-state index contributed by atoms with van der Waals surface area (Å²) in [7, 11) is 0. The molecule has 0 unspecified atom stereocenters. The van der Waals surface area contributed by atoms with Crippen molar-refractivity contribution in [2.45, 2.75) is 39.5 Å². The van der Waals surface area contributed by atoms with Crippen LogP contribution in [-0.4, -0.2) is 64.4 Å². The Morgan fingerprint density at radius 2 is 0.917 bits per heavy atom. The smallest absolute Gasteiger partial charge is 0.163 e. The van der Waals surface area contributed by atoms with Crippen molar-refractivity contribution in [2.24, 2.45) is 0 Å². The third kappa shape index (κ3) is 8.53. The van der Waals surface area contributed by atoms with Crippen molar-refractivity contribution in [3.05, 3.63) is 47.5 Å². The van der Waals surface area contributed by atoms with Crippen LogP contribution in [0.1, 0.15) is 60.2 Å². The third-order valence-electron chi connectivity index (χ3n) is 5.43. The van der Waals surface area contributed by atoms with Crippen LogP contribution in [0, 0.1) is 0 Å². The van der Waals surface area contributed by atoms with E-state index in [9.17, 15) is 9.59 Å². The lowest BCUT2D eigenvalue weighted by Gasteiger charge is -2.16. The van der Waals surface area contributed by atoms with E-state index < -0.39 is 0 Å². The van der Waals surface area contributed by atoms with Crippen molar-refractivity contribution in [3.8, 4) is 23.0 Å². The van der Waals surface area contributed by atoms with Gasteiger partial charge in [-0.25, -0.2) is 0 Å². The van der Waals surface area contributed by atoms with Crippen molar-refractivity contribution < 1.29 is 38.0 Å². The number of ketones is 2. The van der Waals surface area contributed by atoms with Gasteiger partial charge >= 0.3 is 0 Å². The summed E-state index contributed by atoms with van der Waals surface area (Å²) in [5.74, 6) is 2.24. The van der Waals surface area contributed by atoms with Crippen molar-refractivity contribution in [2.75, 3.05) is 52.9 Å². The summed E-state index contributed by atoms with van der Waals surface area (Å²) in [6.45, 7) is 6.53. The Bertz CT molecular complexity index is 910. The van der Waals surface area contributed by atoms with Crippen LogP contribution in [0.15, 0.2) is 36.4 Å². The fourth-order valence-corrected chi connectivity index (χ4v) is 3.62. The maximum atomic E-state index is 12.3. The molecule has 0 aromatic heterocycles. The summed E-state index contributed by atoms with van der Waals surface area (Å²) in [5, 5.41) is 0. The average Bonchev–Trinajstić information content (AvgIpc) is 2.88. The van der Waals surface area contributed by atoms with Gasteiger partial charge < -0.3 is 28.4 Å². The number of hydrogen-bond donors (Lipinski definition) is 0. The summed E-state index contributed by atoms with van der Waals surface area (Å²) in [5.41, 5.74) is 1.19. The lowest BCUT2D eigenvalue weighted by molar-refractivity contribution is 0.0639. The lowest BCUT2D eigenvalue weighted by atomic mass is 10.1. The molecule has 36 heavy (non-hydrogen) atoms. The molecule has 196 valence electrons. The van der Waals surface area contributed by atoms with E-state index in [2.05, 4.69) is 0 Å². The van der Waals surface area contributed by atoms with Crippen molar-refractivity contribution in [1.82, 2.24) is 0 Å². The minimum absolute atomic E-state index is 0.0694. The van der Waals surface area contributed by atoms with Crippen LogP contribution < -0.4 is 18.9 Å². The molecule has 0 saturated carbocycles. The average molecular weight is 501 g/mol. The zero-order valence-corrected chi connectivity index (χ0v) is 21.2. The highest BCUT2D eigenvalue weighted by atomic mass is 16.6. The first kappa shape index (κ1) is 27.5. The summed E-state index contributed by atoms with van der Waals surface area (Å²) in [6, 6.07) is 10.5. The minimum atomic E-state index is 0.0694. The van der Waals surface area contributed by atoms with Gasteiger partial charge in [0, 0.05) is 24.0 Å². The van der Waals surface area contributed by atoms with Gasteiger partial charge in [-0.2, -0.15) is 0 Å². The van der Waals surface area contributed by atoms with Crippen molar-refractivity contribution in [1.29, 1.82) is 0 Å². The number of carbonyl (C=O) groups is 2. The van der Waals surface area contributed by atoms with Crippen LogP contribution >= 0.6 is 0 Å². The number of hydrogen-bond acceptors (Lipinski definition) is 8. The first-order valence-corrected chi connectivity index (χ1v) is 12.6. The Kier molecular flexibility index (Phi) is 11.5. The molecule has 0 spiro atoms. The molecule has 0 N–H and O–H groups in total. The number of ether oxygens (including phenoxy) is 6. The topological polar surface area (TPSA) is 89.5 Å². The third-order valence-corrected chi connectivity index (χ3v) is 5.43. The van der Waals surface area contributed by atoms with Crippen molar-refractivity contribution >= 4 is 11.6 Å². The van der Waals surface area contributed by atoms with E-state index >= 15 is 0 Å². The van der Waals surface area contributed by atoms with E-state index in [4.69, 9.17) is 28.4 Å². The van der Waals surface area contributed by atoms with Crippen LogP contribution in [0.5, 0.6) is 23.0 Å². The van der Waals surface area contributed by atoms with E-state index in [0.717, 1.165) is 12.8 Å². The molecule has 0 fully saturated rings. The maximum absolute atomic E-state index is 12.3. The van der Waals surface area contributed by atoms with E-state index in [1.165, 1.54) is 0 Å². The summed E-state index contributed by atoms with van der Waals surface area (Å²) >= 11 is 0. The summed E-state index contributed by atoms with van der Waals surface area (Å²) in [4.78, 5) is 24.6. The Morgan fingerprint density at radius 1 is 0.556 bits per heavy atom. The predicted octanol–water partition coefficient (Wildman–Crippen LogP) is 4.91. The fourth-order valence-electron chi connectivity index (χ4n) is 3.62. The van der Waals surface area contributed by atoms with Crippen LogP contribution in [0.4, 0.5) is 0 Å². The molecule has 0 amide bonds. The monoisotopic (exact) mass is 500 g/mol. The second kappa shape index (κ2) is 15.1. The Labute approximate surface area is 212 Å². The molecule has 0 saturated heterocycles.